The maximum atomic E-state index is 14.1. The van der Waals surface area contributed by atoms with E-state index in [4.69, 9.17) is 21.3 Å². The third-order valence-electron chi connectivity index (χ3n) is 4.84. The highest BCUT2D eigenvalue weighted by molar-refractivity contribution is 8.30. The second-order valence-corrected chi connectivity index (χ2v) is 10.8. The number of carbonyl (C=O) groups is 1. The van der Waals surface area contributed by atoms with Crippen molar-refractivity contribution in [1.29, 1.82) is 0 Å². The van der Waals surface area contributed by atoms with E-state index in [1.807, 2.05) is 62.4 Å². The van der Waals surface area contributed by atoms with E-state index in [1.54, 1.807) is 32.4 Å². The number of ether oxygens (including phenoxy) is 2. The summed E-state index contributed by atoms with van der Waals surface area (Å²) in [7, 11) is 3.10. The first-order valence-corrected chi connectivity index (χ1v) is 11.7. The van der Waals surface area contributed by atoms with Gasteiger partial charge in [0.2, 0.25) is 5.52 Å². The molecule has 0 atom stereocenters. The Hall–Kier alpha value is -2.42. The van der Waals surface area contributed by atoms with Crippen molar-refractivity contribution >= 4 is 34.0 Å². The lowest BCUT2D eigenvalue weighted by atomic mass is 10.2. The highest BCUT2D eigenvalue weighted by Gasteiger charge is 2.37. The maximum absolute atomic E-state index is 14.1. The highest BCUT2D eigenvalue weighted by Crippen LogP contribution is 2.51. The van der Waals surface area contributed by atoms with E-state index < -0.39 is 6.04 Å². The lowest BCUT2D eigenvalue weighted by Crippen LogP contribution is -2.26. The molecule has 0 amide bonds. The molecule has 0 N–H and O–H groups in total. The van der Waals surface area contributed by atoms with Gasteiger partial charge in [0.1, 0.15) is 17.1 Å². The van der Waals surface area contributed by atoms with Crippen LogP contribution in [0.5, 0.6) is 11.5 Å². The fraction of sp³-hybridized carbons (Fsp3) is 0.174. The Morgan fingerprint density at radius 1 is 0.750 bits per heavy atom. The van der Waals surface area contributed by atoms with Gasteiger partial charge < -0.3 is 9.47 Å². The van der Waals surface area contributed by atoms with Crippen LogP contribution in [-0.2, 0) is 11.8 Å². The van der Waals surface area contributed by atoms with Crippen LogP contribution in [0, 0.1) is 13.8 Å². The van der Waals surface area contributed by atoms with Crippen molar-refractivity contribution in [1.82, 2.24) is 0 Å². The predicted molar refractivity (Wildman–Crippen MR) is 120 cm³/mol. The number of hydrogen-bond donors (Lipinski definition) is 0. The Kier molecular flexibility index (Phi) is 6.02. The molecule has 0 aliphatic carbocycles. The monoisotopic (exact) mass is 410 g/mol. The quantitative estimate of drug-likeness (QED) is 0.557. The summed E-state index contributed by atoms with van der Waals surface area (Å²) in [5.41, 5.74) is 2.30. The number of methoxy groups -OCH3 is 2. The van der Waals surface area contributed by atoms with Crippen LogP contribution in [0.15, 0.2) is 66.7 Å². The number of benzene rings is 3. The highest BCUT2D eigenvalue weighted by atomic mass is 32.4. The number of carbonyl (C=O) groups excluding carboxylic acids is 1. The molecule has 5 heteroatoms. The van der Waals surface area contributed by atoms with Gasteiger partial charge in [-0.15, -0.1) is 0 Å². The molecule has 0 aliphatic heterocycles. The molecule has 0 saturated heterocycles. The largest absolute Gasteiger partial charge is 0.496 e. The normalized spacial score (nSPS) is 11.1. The third kappa shape index (κ3) is 3.39. The Balaban J connectivity index is 2.38. The first-order chi connectivity index (χ1) is 13.4. The van der Waals surface area contributed by atoms with Crippen LogP contribution in [0.2, 0.25) is 0 Å². The van der Waals surface area contributed by atoms with Gasteiger partial charge in [-0.1, -0.05) is 66.4 Å². The molecule has 3 rings (SSSR count). The molecule has 0 unspecified atom stereocenters. The molecular weight excluding hydrogens is 387 g/mol. The molecule has 144 valence electrons. The molecule has 0 spiro atoms. The summed E-state index contributed by atoms with van der Waals surface area (Å²) in [6, 6.07) is 18.2. The molecule has 28 heavy (non-hydrogen) atoms. The zero-order chi connectivity index (χ0) is 20.3. The van der Waals surface area contributed by atoms with Gasteiger partial charge in [-0.05, 0) is 47.7 Å². The minimum atomic E-state index is -2.86. The molecular formula is C23H23O3PS. The molecule has 0 aliphatic rings. The van der Waals surface area contributed by atoms with Crippen LogP contribution < -0.4 is 20.1 Å². The van der Waals surface area contributed by atoms with E-state index in [-0.39, 0.29) is 5.52 Å². The van der Waals surface area contributed by atoms with Gasteiger partial charge in [0, 0.05) is 0 Å². The minimum absolute atomic E-state index is 0.125. The first-order valence-electron chi connectivity index (χ1n) is 8.93. The molecule has 0 bridgehead atoms. The van der Waals surface area contributed by atoms with Gasteiger partial charge in [-0.2, -0.15) is 0 Å². The van der Waals surface area contributed by atoms with Crippen molar-refractivity contribution in [3.05, 3.63) is 83.4 Å². The zero-order valence-electron chi connectivity index (χ0n) is 16.4. The van der Waals surface area contributed by atoms with Crippen LogP contribution in [-0.4, -0.2) is 19.7 Å². The summed E-state index contributed by atoms with van der Waals surface area (Å²) in [6.07, 6.45) is 0. The fourth-order valence-corrected chi connectivity index (χ4v) is 7.87. The molecule has 0 fully saturated rings. The lowest BCUT2D eigenvalue weighted by molar-refractivity contribution is 0.107. The van der Waals surface area contributed by atoms with Gasteiger partial charge in [-0.3, -0.25) is 4.79 Å². The molecule has 3 aromatic carbocycles. The standard InChI is InChI=1S/C23H23O3PS/c1-16-10-5-7-14-20(16)27(28,21-15-8-6-11-17(21)2)23(24)22-18(25-3)12-9-13-19(22)26-4/h5-15H,1-4H3. The van der Waals surface area contributed by atoms with Gasteiger partial charge in [-0.25, -0.2) is 0 Å². The van der Waals surface area contributed by atoms with E-state index in [0.717, 1.165) is 21.7 Å². The second kappa shape index (κ2) is 8.30. The van der Waals surface area contributed by atoms with Crippen molar-refractivity contribution < 1.29 is 14.3 Å². The lowest BCUT2D eigenvalue weighted by Gasteiger charge is -2.26. The average Bonchev–Trinajstić information content (AvgIpc) is 2.72. The van der Waals surface area contributed by atoms with Crippen molar-refractivity contribution in [3.8, 4) is 11.5 Å². The fourth-order valence-electron chi connectivity index (χ4n) is 3.40. The summed E-state index contributed by atoms with van der Waals surface area (Å²) in [4.78, 5) is 14.1. The first kappa shape index (κ1) is 20.3. The van der Waals surface area contributed by atoms with E-state index in [2.05, 4.69) is 0 Å². The van der Waals surface area contributed by atoms with Gasteiger partial charge >= 0.3 is 0 Å². The third-order valence-corrected chi connectivity index (χ3v) is 9.67. The maximum Gasteiger partial charge on any atom is 0.209 e. The number of rotatable bonds is 6. The van der Waals surface area contributed by atoms with E-state index in [0.29, 0.717) is 17.1 Å². The topological polar surface area (TPSA) is 35.5 Å². The Morgan fingerprint density at radius 3 is 1.57 bits per heavy atom. The Labute approximate surface area is 171 Å². The summed E-state index contributed by atoms with van der Waals surface area (Å²) >= 11 is 6.28. The zero-order valence-corrected chi connectivity index (χ0v) is 18.1. The van der Waals surface area contributed by atoms with Crippen LogP contribution >= 0.6 is 6.04 Å². The van der Waals surface area contributed by atoms with Crippen LogP contribution in [0.1, 0.15) is 21.5 Å². The van der Waals surface area contributed by atoms with Gasteiger partial charge in [0.05, 0.1) is 20.3 Å². The van der Waals surface area contributed by atoms with Crippen molar-refractivity contribution in [2.45, 2.75) is 13.8 Å². The van der Waals surface area contributed by atoms with Crippen molar-refractivity contribution in [2.24, 2.45) is 0 Å². The van der Waals surface area contributed by atoms with E-state index in [9.17, 15) is 4.79 Å². The van der Waals surface area contributed by atoms with Gasteiger partial charge in [0.25, 0.3) is 0 Å². The van der Waals surface area contributed by atoms with Crippen molar-refractivity contribution in [3.63, 3.8) is 0 Å². The summed E-state index contributed by atoms with van der Waals surface area (Å²) in [5, 5.41) is 1.80. The van der Waals surface area contributed by atoms with E-state index in [1.165, 1.54) is 0 Å². The molecule has 3 nitrogen and oxygen atoms in total. The smallest absolute Gasteiger partial charge is 0.209 e. The SMILES string of the molecule is COc1cccc(OC)c1C(=O)P(=S)(c1ccccc1C)c1ccccc1C. The Morgan fingerprint density at radius 2 is 1.18 bits per heavy atom. The van der Waals surface area contributed by atoms with Crippen LogP contribution in [0.25, 0.3) is 0 Å². The molecule has 0 saturated carbocycles. The van der Waals surface area contributed by atoms with Crippen LogP contribution in [0.4, 0.5) is 0 Å². The van der Waals surface area contributed by atoms with Crippen LogP contribution in [0.3, 0.4) is 0 Å². The van der Waals surface area contributed by atoms with Crippen molar-refractivity contribution in [2.75, 3.05) is 14.2 Å². The average molecular weight is 410 g/mol. The number of hydrogen-bond acceptors (Lipinski definition) is 4. The summed E-state index contributed by atoms with van der Waals surface area (Å²) in [5.74, 6) is 0.946. The predicted octanol–water partition coefficient (Wildman–Crippen LogP) is 4.59. The second-order valence-electron chi connectivity index (χ2n) is 6.52. The summed E-state index contributed by atoms with van der Waals surface area (Å²) < 4.78 is 11.0. The molecule has 0 heterocycles. The molecule has 0 radical (unpaired) electrons. The minimum Gasteiger partial charge on any atom is -0.496 e. The van der Waals surface area contributed by atoms with E-state index >= 15 is 0 Å². The summed E-state index contributed by atoms with van der Waals surface area (Å²) in [6.45, 7) is 4.00. The Bertz CT molecular complexity index is 1000. The molecule has 0 aromatic heterocycles. The molecule has 3 aromatic rings. The number of aryl methyl sites for hydroxylation is 2. The van der Waals surface area contributed by atoms with Gasteiger partial charge in [0.15, 0.2) is 0 Å².